The number of H-pyrrole nitrogens is 1. The Kier molecular flexibility index (Phi) is 4.71. The standard InChI is InChI=1S/C13H17NO4/c1-8(2)5-6-9-7-10(15)12(17-3)11(14-9)13(16)18-4/h7H,1,5-6H2,2-4H3,(H,14,15). The Morgan fingerprint density at radius 1 is 1.44 bits per heavy atom. The number of carbonyl (C=O) groups excluding carboxylic acids is 1. The van der Waals surface area contributed by atoms with Gasteiger partial charge in [-0.2, -0.15) is 0 Å². The summed E-state index contributed by atoms with van der Waals surface area (Å²) >= 11 is 0. The van der Waals surface area contributed by atoms with Crippen LogP contribution in [0.15, 0.2) is 23.0 Å². The van der Waals surface area contributed by atoms with Crippen LogP contribution in [0.25, 0.3) is 0 Å². The third-order valence-electron chi connectivity index (χ3n) is 2.46. The molecule has 1 aromatic rings. The molecule has 1 N–H and O–H groups in total. The van der Waals surface area contributed by atoms with E-state index in [1.54, 1.807) is 0 Å². The van der Waals surface area contributed by atoms with E-state index in [9.17, 15) is 9.59 Å². The summed E-state index contributed by atoms with van der Waals surface area (Å²) in [7, 11) is 2.59. The van der Waals surface area contributed by atoms with E-state index < -0.39 is 5.97 Å². The predicted molar refractivity (Wildman–Crippen MR) is 68.1 cm³/mol. The molecule has 0 radical (unpaired) electrons. The Bertz CT molecular complexity index is 516. The van der Waals surface area contributed by atoms with Crippen LogP contribution in [0.5, 0.6) is 5.75 Å². The molecule has 0 unspecified atom stereocenters. The number of hydrogen-bond donors (Lipinski definition) is 1. The lowest BCUT2D eigenvalue weighted by Gasteiger charge is -2.09. The zero-order valence-electron chi connectivity index (χ0n) is 10.8. The third-order valence-corrected chi connectivity index (χ3v) is 2.46. The Morgan fingerprint density at radius 3 is 2.61 bits per heavy atom. The van der Waals surface area contributed by atoms with Crippen LogP contribution in [0.4, 0.5) is 0 Å². The molecule has 98 valence electrons. The van der Waals surface area contributed by atoms with Crippen LogP contribution in [0.3, 0.4) is 0 Å². The molecule has 1 aromatic heterocycles. The first-order valence-corrected chi connectivity index (χ1v) is 5.52. The first-order chi connectivity index (χ1) is 8.49. The summed E-state index contributed by atoms with van der Waals surface area (Å²) < 4.78 is 9.53. The molecule has 0 fully saturated rings. The fourth-order valence-corrected chi connectivity index (χ4v) is 1.53. The Hall–Kier alpha value is -2.04. The van der Waals surface area contributed by atoms with E-state index >= 15 is 0 Å². The summed E-state index contributed by atoms with van der Waals surface area (Å²) in [5.74, 6) is -0.651. The van der Waals surface area contributed by atoms with Gasteiger partial charge < -0.3 is 14.5 Å². The maximum atomic E-state index is 11.8. The Morgan fingerprint density at radius 2 is 2.11 bits per heavy atom. The molecule has 18 heavy (non-hydrogen) atoms. The quantitative estimate of drug-likeness (QED) is 0.638. The van der Waals surface area contributed by atoms with Gasteiger partial charge in [0.1, 0.15) is 0 Å². The second kappa shape index (κ2) is 6.05. The highest BCUT2D eigenvalue weighted by atomic mass is 16.5. The molecule has 1 rings (SSSR count). The lowest BCUT2D eigenvalue weighted by atomic mass is 10.1. The fraction of sp³-hybridized carbons (Fsp3) is 0.385. The maximum absolute atomic E-state index is 11.8. The van der Waals surface area contributed by atoms with E-state index in [-0.39, 0.29) is 16.9 Å². The molecular formula is C13H17NO4. The Labute approximate surface area is 105 Å². The molecular weight excluding hydrogens is 234 g/mol. The highest BCUT2D eigenvalue weighted by Crippen LogP contribution is 2.13. The van der Waals surface area contributed by atoms with Gasteiger partial charge in [-0.3, -0.25) is 4.79 Å². The topological polar surface area (TPSA) is 68.4 Å². The number of aryl methyl sites for hydroxylation is 1. The molecule has 5 heteroatoms. The van der Waals surface area contributed by atoms with Crippen LogP contribution >= 0.6 is 0 Å². The average Bonchev–Trinajstić information content (AvgIpc) is 2.34. The van der Waals surface area contributed by atoms with Crippen molar-refractivity contribution >= 4 is 5.97 Å². The summed E-state index contributed by atoms with van der Waals surface area (Å²) in [6.07, 6.45) is 1.35. The highest BCUT2D eigenvalue weighted by molar-refractivity contribution is 5.90. The van der Waals surface area contributed by atoms with Gasteiger partial charge in [-0.1, -0.05) is 5.57 Å². The third kappa shape index (κ3) is 3.23. The number of hydrogen-bond acceptors (Lipinski definition) is 4. The monoisotopic (exact) mass is 251 g/mol. The molecule has 1 heterocycles. The second-order valence-electron chi connectivity index (χ2n) is 4.02. The van der Waals surface area contributed by atoms with Crippen molar-refractivity contribution in [1.82, 2.24) is 4.98 Å². The van der Waals surface area contributed by atoms with Crippen molar-refractivity contribution in [3.8, 4) is 5.75 Å². The zero-order chi connectivity index (χ0) is 13.7. The first-order valence-electron chi connectivity index (χ1n) is 5.52. The molecule has 0 amide bonds. The van der Waals surface area contributed by atoms with Crippen molar-refractivity contribution in [3.63, 3.8) is 0 Å². The number of ether oxygens (including phenoxy) is 2. The summed E-state index contributed by atoms with van der Waals surface area (Å²) in [4.78, 5) is 26.2. The second-order valence-corrected chi connectivity index (χ2v) is 4.02. The van der Waals surface area contributed by atoms with Gasteiger partial charge in [-0.05, 0) is 19.8 Å². The number of pyridine rings is 1. The van der Waals surface area contributed by atoms with Gasteiger partial charge in [0.15, 0.2) is 11.4 Å². The fourth-order valence-electron chi connectivity index (χ4n) is 1.53. The number of aromatic amines is 1. The average molecular weight is 251 g/mol. The summed E-state index contributed by atoms with van der Waals surface area (Å²) in [5, 5.41) is 0. The van der Waals surface area contributed by atoms with Crippen molar-refractivity contribution in [1.29, 1.82) is 0 Å². The predicted octanol–water partition coefficient (Wildman–Crippen LogP) is 1.68. The van der Waals surface area contributed by atoms with Gasteiger partial charge in [-0.25, -0.2) is 4.79 Å². The number of aromatic nitrogens is 1. The number of rotatable bonds is 5. The molecule has 0 atom stereocenters. The first kappa shape index (κ1) is 14.0. The normalized spacial score (nSPS) is 9.94. The van der Waals surface area contributed by atoms with E-state index in [4.69, 9.17) is 4.74 Å². The molecule has 0 aliphatic rings. The van der Waals surface area contributed by atoms with Gasteiger partial charge in [0.2, 0.25) is 5.43 Å². The van der Waals surface area contributed by atoms with Crippen LogP contribution < -0.4 is 10.2 Å². The van der Waals surface area contributed by atoms with Crippen molar-refractivity contribution in [2.45, 2.75) is 19.8 Å². The zero-order valence-corrected chi connectivity index (χ0v) is 10.8. The van der Waals surface area contributed by atoms with Crippen LogP contribution in [0.1, 0.15) is 29.5 Å². The lowest BCUT2D eigenvalue weighted by Crippen LogP contribution is -2.17. The molecule has 0 aliphatic carbocycles. The molecule has 5 nitrogen and oxygen atoms in total. The van der Waals surface area contributed by atoms with Crippen LogP contribution in [0, 0.1) is 0 Å². The van der Waals surface area contributed by atoms with Crippen molar-refractivity contribution in [2.24, 2.45) is 0 Å². The maximum Gasteiger partial charge on any atom is 0.358 e. The summed E-state index contributed by atoms with van der Waals surface area (Å²) in [6, 6.07) is 1.42. The van der Waals surface area contributed by atoms with Crippen molar-refractivity contribution < 1.29 is 14.3 Å². The molecule has 0 saturated heterocycles. The summed E-state index contributed by atoms with van der Waals surface area (Å²) in [5.41, 5.74) is 1.37. The minimum atomic E-state index is -0.624. The minimum Gasteiger partial charge on any atom is -0.491 e. The van der Waals surface area contributed by atoms with Crippen LogP contribution in [-0.2, 0) is 11.2 Å². The van der Waals surface area contributed by atoms with E-state index in [0.717, 1.165) is 12.0 Å². The molecule has 0 bridgehead atoms. The van der Waals surface area contributed by atoms with E-state index in [2.05, 4.69) is 16.3 Å². The number of carbonyl (C=O) groups is 1. The van der Waals surface area contributed by atoms with E-state index in [1.165, 1.54) is 20.3 Å². The van der Waals surface area contributed by atoms with Crippen LogP contribution in [-0.4, -0.2) is 25.2 Å². The van der Waals surface area contributed by atoms with Crippen LogP contribution in [0.2, 0.25) is 0 Å². The molecule has 0 saturated carbocycles. The van der Waals surface area contributed by atoms with Gasteiger partial charge in [0, 0.05) is 11.8 Å². The number of nitrogens with one attached hydrogen (secondary N) is 1. The smallest absolute Gasteiger partial charge is 0.358 e. The molecule has 0 spiro atoms. The SMILES string of the molecule is C=C(C)CCc1cc(=O)c(OC)c(C(=O)OC)[nH]1. The van der Waals surface area contributed by atoms with Gasteiger partial charge in [-0.15, -0.1) is 6.58 Å². The highest BCUT2D eigenvalue weighted by Gasteiger charge is 2.17. The largest absolute Gasteiger partial charge is 0.491 e. The van der Waals surface area contributed by atoms with Gasteiger partial charge in [0.25, 0.3) is 0 Å². The Balaban J connectivity index is 3.17. The van der Waals surface area contributed by atoms with E-state index in [1.807, 2.05) is 6.92 Å². The van der Waals surface area contributed by atoms with Gasteiger partial charge >= 0.3 is 5.97 Å². The van der Waals surface area contributed by atoms with Crippen molar-refractivity contribution in [3.05, 3.63) is 39.8 Å². The number of methoxy groups -OCH3 is 2. The number of allylic oxidation sites excluding steroid dienone is 1. The lowest BCUT2D eigenvalue weighted by molar-refractivity contribution is 0.0589. The molecule has 0 aromatic carbocycles. The van der Waals surface area contributed by atoms with Crippen molar-refractivity contribution in [2.75, 3.05) is 14.2 Å². The van der Waals surface area contributed by atoms with E-state index in [0.29, 0.717) is 12.1 Å². The molecule has 0 aliphatic heterocycles. The summed E-state index contributed by atoms with van der Waals surface area (Å²) in [6.45, 7) is 5.70. The van der Waals surface area contributed by atoms with Gasteiger partial charge in [0.05, 0.1) is 14.2 Å². The minimum absolute atomic E-state index is 0.0269. The number of esters is 1.